The Labute approximate surface area is 124 Å². The number of hydrogen-bond donors (Lipinski definition) is 2. The second kappa shape index (κ2) is 6.06. The molecule has 1 amide bonds. The van der Waals surface area contributed by atoms with Gasteiger partial charge in [-0.1, -0.05) is 5.92 Å². The standard InChI is InChI=1S/C16H19N3O2/c1-2-7-19-8-5-12(6-9-19)17-13-3-4-15-14(10-13)18-16(20)11-21-15/h1,3-4,10,12,17H,5-9,11H2,(H,18,20). The molecular formula is C16H19N3O2. The van der Waals surface area contributed by atoms with Crippen molar-refractivity contribution in [2.75, 3.05) is 36.9 Å². The van der Waals surface area contributed by atoms with Gasteiger partial charge in [0.15, 0.2) is 6.61 Å². The number of likely N-dealkylation sites (tertiary alicyclic amines) is 1. The van der Waals surface area contributed by atoms with Gasteiger partial charge < -0.3 is 15.4 Å². The fourth-order valence-corrected chi connectivity index (χ4v) is 2.77. The molecular weight excluding hydrogens is 266 g/mol. The van der Waals surface area contributed by atoms with E-state index in [1.54, 1.807) is 0 Å². The molecule has 2 N–H and O–H groups in total. The van der Waals surface area contributed by atoms with E-state index >= 15 is 0 Å². The van der Waals surface area contributed by atoms with Crippen molar-refractivity contribution in [1.29, 1.82) is 0 Å². The quantitative estimate of drug-likeness (QED) is 0.827. The lowest BCUT2D eigenvalue weighted by Crippen LogP contribution is -2.39. The van der Waals surface area contributed by atoms with E-state index < -0.39 is 0 Å². The average molecular weight is 285 g/mol. The van der Waals surface area contributed by atoms with Gasteiger partial charge in [0.1, 0.15) is 5.75 Å². The topological polar surface area (TPSA) is 53.6 Å². The molecule has 21 heavy (non-hydrogen) atoms. The molecule has 0 atom stereocenters. The van der Waals surface area contributed by atoms with Crippen LogP contribution in [0.15, 0.2) is 18.2 Å². The smallest absolute Gasteiger partial charge is 0.262 e. The van der Waals surface area contributed by atoms with E-state index in [1.165, 1.54) is 0 Å². The van der Waals surface area contributed by atoms with Crippen LogP contribution in [0.5, 0.6) is 5.75 Å². The molecule has 110 valence electrons. The zero-order chi connectivity index (χ0) is 14.7. The minimum absolute atomic E-state index is 0.0907. The van der Waals surface area contributed by atoms with E-state index in [9.17, 15) is 4.79 Å². The Bertz CT molecular complexity index is 571. The van der Waals surface area contributed by atoms with Crippen molar-refractivity contribution in [3.63, 3.8) is 0 Å². The molecule has 2 heterocycles. The molecule has 1 aromatic carbocycles. The van der Waals surface area contributed by atoms with Crippen LogP contribution in [-0.2, 0) is 4.79 Å². The lowest BCUT2D eigenvalue weighted by molar-refractivity contribution is -0.118. The SMILES string of the molecule is C#CCN1CCC(Nc2ccc3c(c2)NC(=O)CO3)CC1. The predicted octanol–water partition coefficient (Wildman–Crippen LogP) is 1.53. The van der Waals surface area contributed by atoms with E-state index in [1.807, 2.05) is 18.2 Å². The minimum Gasteiger partial charge on any atom is -0.482 e. The van der Waals surface area contributed by atoms with E-state index in [-0.39, 0.29) is 12.5 Å². The predicted molar refractivity (Wildman–Crippen MR) is 82.5 cm³/mol. The maximum absolute atomic E-state index is 11.3. The van der Waals surface area contributed by atoms with Gasteiger partial charge in [0.25, 0.3) is 5.91 Å². The molecule has 0 unspecified atom stereocenters. The Morgan fingerprint density at radius 1 is 1.43 bits per heavy atom. The Morgan fingerprint density at radius 3 is 3.00 bits per heavy atom. The molecule has 0 aromatic heterocycles. The molecule has 0 aliphatic carbocycles. The Balaban J connectivity index is 1.60. The van der Waals surface area contributed by atoms with Crippen molar-refractivity contribution in [1.82, 2.24) is 4.90 Å². The van der Waals surface area contributed by atoms with Gasteiger partial charge in [0.2, 0.25) is 0 Å². The van der Waals surface area contributed by atoms with E-state index in [0.717, 1.165) is 49.6 Å². The Morgan fingerprint density at radius 2 is 2.24 bits per heavy atom. The van der Waals surface area contributed by atoms with Gasteiger partial charge in [0.05, 0.1) is 12.2 Å². The normalized spacial score (nSPS) is 19.1. The molecule has 3 rings (SSSR count). The zero-order valence-corrected chi connectivity index (χ0v) is 11.9. The van der Waals surface area contributed by atoms with Crippen LogP contribution in [0.4, 0.5) is 11.4 Å². The van der Waals surface area contributed by atoms with Crippen molar-refractivity contribution in [2.24, 2.45) is 0 Å². The number of ether oxygens (including phenoxy) is 1. The van der Waals surface area contributed by atoms with Crippen LogP contribution < -0.4 is 15.4 Å². The van der Waals surface area contributed by atoms with Crippen LogP contribution in [-0.4, -0.2) is 43.1 Å². The fourth-order valence-electron chi connectivity index (χ4n) is 2.77. The molecule has 5 heteroatoms. The summed E-state index contributed by atoms with van der Waals surface area (Å²) in [7, 11) is 0. The van der Waals surface area contributed by atoms with Crippen molar-refractivity contribution >= 4 is 17.3 Å². The van der Waals surface area contributed by atoms with Gasteiger partial charge in [-0.2, -0.15) is 0 Å². The van der Waals surface area contributed by atoms with Gasteiger partial charge in [-0.3, -0.25) is 9.69 Å². The largest absolute Gasteiger partial charge is 0.482 e. The van der Waals surface area contributed by atoms with Crippen LogP contribution in [0.1, 0.15) is 12.8 Å². The highest BCUT2D eigenvalue weighted by Gasteiger charge is 2.20. The third kappa shape index (κ3) is 3.29. The van der Waals surface area contributed by atoms with Crippen LogP contribution in [0.2, 0.25) is 0 Å². The number of amides is 1. The number of hydrogen-bond acceptors (Lipinski definition) is 4. The number of nitrogens with one attached hydrogen (secondary N) is 2. The van der Waals surface area contributed by atoms with Gasteiger partial charge in [-0.05, 0) is 31.0 Å². The number of anilines is 2. The van der Waals surface area contributed by atoms with Gasteiger partial charge in [0, 0.05) is 24.8 Å². The lowest BCUT2D eigenvalue weighted by atomic mass is 10.0. The van der Waals surface area contributed by atoms with Crippen LogP contribution in [0.3, 0.4) is 0 Å². The number of rotatable bonds is 3. The van der Waals surface area contributed by atoms with Crippen molar-refractivity contribution < 1.29 is 9.53 Å². The van der Waals surface area contributed by atoms with Crippen molar-refractivity contribution in [3.05, 3.63) is 18.2 Å². The maximum atomic E-state index is 11.3. The third-order valence-corrected chi connectivity index (χ3v) is 3.89. The lowest BCUT2D eigenvalue weighted by Gasteiger charge is -2.31. The average Bonchev–Trinajstić information content (AvgIpc) is 2.49. The monoisotopic (exact) mass is 285 g/mol. The number of fused-ring (bicyclic) bond motifs is 1. The maximum Gasteiger partial charge on any atom is 0.262 e. The van der Waals surface area contributed by atoms with E-state index in [4.69, 9.17) is 11.2 Å². The van der Waals surface area contributed by atoms with E-state index in [2.05, 4.69) is 21.5 Å². The summed E-state index contributed by atoms with van der Waals surface area (Å²) >= 11 is 0. The van der Waals surface area contributed by atoms with Gasteiger partial charge in [-0.15, -0.1) is 6.42 Å². The number of terminal acetylenes is 1. The van der Waals surface area contributed by atoms with Crippen LogP contribution in [0.25, 0.3) is 0 Å². The highest BCUT2D eigenvalue weighted by molar-refractivity contribution is 5.96. The summed E-state index contributed by atoms with van der Waals surface area (Å²) in [6, 6.07) is 6.26. The third-order valence-electron chi connectivity index (χ3n) is 3.89. The molecule has 0 spiro atoms. The van der Waals surface area contributed by atoms with Crippen molar-refractivity contribution in [3.8, 4) is 18.1 Å². The summed E-state index contributed by atoms with van der Waals surface area (Å²) in [5, 5.41) is 6.35. The van der Waals surface area contributed by atoms with Gasteiger partial charge in [-0.25, -0.2) is 0 Å². The van der Waals surface area contributed by atoms with Gasteiger partial charge >= 0.3 is 0 Å². The molecule has 1 saturated heterocycles. The molecule has 0 radical (unpaired) electrons. The molecule has 0 bridgehead atoms. The summed E-state index contributed by atoms with van der Waals surface area (Å²) < 4.78 is 5.36. The number of carbonyl (C=O) groups is 1. The summed E-state index contributed by atoms with van der Waals surface area (Å²) in [6.45, 7) is 2.86. The summed E-state index contributed by atoms with van der Waals surface area (Å²) in [4.78, 5) is 13.6. The number of piperidine rings is 1. The first-order chi connectivity index (χ1) is 10.2. The van der Waals surface area contributed by atoms with Crippen LogP contribution >= 0.6 is 0 Å². The zero-order valence-electron chi connectivity index (χ0n) is 11.9. The Hall–Kier alpha value is -2.19. The number of benzene rings is 1. The first-order valence-electron chi connectivity index (χ1n) is 7.23. The highest BCUT2D eigenvalue weighted by atomic mass is 16.5. The molecule has 2 aliphatic rings. The molecule has 5 nitrogen and oxygen atoms in total. The Kier molecular flexibility index (Phi) is 3.98. The molecule has 1 aromatic rings. The van der Waals surface area contributed by atoms with E-state index in [0.29, 0.717) is 6.04 Å². The molecule has 0 saturated carbocycles. The number of nitrogens with zero attached hydrogens (tertiary/aromatic N) is 1. The number of carbonyl (C=O) groups excluding carboxylic acids is 1. The summed E-state index contributed by atoms with van der Waals surface area (Å²) in [6.07, 6.45) is 7.48. The van der Waals surface area contributed by atoms with Crippen LogP contribution in [0, 0.1) is 12.3 Å². The first kappa shape index (κ1) is 13.8. The minimum atomic E-state index is -0.109. The summed E-state index contributed by atoms with van der Waals surface area (Å²) in [5.74, 6) is 3.31. The second-order valence-electron chi connectivity index (χ2n) is 5.45. The highest BCUT2D eigenvalue weighted by Crippen LogP contribution is 2.31. The molecule has 1 fully saturated rings. The second-order valence-corrected chi connectivity index (χ2v) is 5.45. The summed E-state index contributed by atoms with van der Waals surface area (Å²) in [5.41, 5.74) is 1.75. The van der Waals surface area contributed by atoms with Crippen molar-refractivity contribution in [2.45, 2.75) is 18.9 Å². The molecule has 2 aliphatic heterocycles. The first-order valence-corrected chi connectivity index (χ1v) is 7.23. The fraction of sp³-hybridized carbons (Fsp3) is 0.438.